The highest BCUT2D eigenvalue weighted by molar-refractivity contribution is 5.89. The summed E-state index contributed by atoms with van der Waals surface area (Å²) in [6.45, 7) is 6.25. The van der Waals surface area contributed by atoms with Gasteiger partial charge in [0.15, 0.2) is 0 Å². The maximum absolute atomic E-state index is 13.2. The number of likely N-dealkylation sites (N-methyl/N-ethyl adjacent to an activating group) is 1. The zero-order chi connectivity index (χ0) is 29.1. The smallest absolute Gasteiger partial charge is 0.257 e. The van der Waals surface area contributed by atoms with Crippen LogP contribution in [0.25, 0.3) is 5.57 Å². The maximum atomic E-state index is 13.2. The summed E-state index contributed by atoms with van der Waals surface area (Å²) in [7, 11) is 2.14. The second-order valence-electron chi connectivity index (χ2n) is 11.7. The molecule has 0 aromatic heterocycles. The zero-order valence-electron chi connectivity index (χ0n) is 24.2. The number of nitrogens with zero attached hydrogens (tertiary/aromatic N) is 4. The number of rotatable bonds is 7. The average Bonchev–Trinajstić information content (AvgIpc) is 3.43. The van der Waals surface area contributed by atoms with Crippen molar-refractivity contribution in [3.05, 3.63) is 78.5 Å². The number of para-hydroxylation sites is 1. The van der Waals surface area contributed by atoms with Crippen molar-refractivity contribution in [3.8, 4) is 11.5 Å². The van der Waals surface area contributed by atoms with E-state index in [2.05, 4.69) is 38.8 Å². The molecule has 0 bridgehead atoms. The van der Waals surface area contributed by atoms with Crippen molar-refractivity contribution >= 4 is 17.4 Å². The molecular formula is C32H41N7O3. The molecule has 4 N–H and O–H groups in total. The van der Waals surface area contributed by atoms with Crippen LogP contribution in [0.4, 0.5) is 0 Å². The maximum Gasteiger partial charge on any atom is 0.257 e. The summed E-state index contributed by atoms with van der Waals surface area (Å²) in [6, 6.07) is 17.2. The van der Waals surface area contributed by atoms with Gasteiger partial charge in [-0.1, -0.05) is 36.4 Å². The second kappa shape index (κ2) is 12.7. The number of piperidine rings is 1. The molecule has 0 aliphatic carbocycles. The number of hydrogen-bond donors (Lipinski definition) is 3. The number of ether oxygens (including phenoxy) is 1. The number of carbonyl (C=O) groups is 2. The predicted molar refractivity (Wildman–Crippen MR) is 162 cm³/mol. The fraction of sp³-hybridized carbons (Fsp3) is 0.438. The van der Waals surface area contributed by atoms with E-state index in [0.717, 1.165) is 74.7 Å². The standard InChI is InChI=1S/C32H41N7O3/c1-36-17-19-37(20-18-36)15-6-10-28(40)38-16-5-7-24(21-38)39-22-27(29-30(39)32(41)35-34-31(29)33)23-11-13-26(14-12-23)42-25-8-3-2-4-9-25/h2-4,6,8-14,22,24,29-31,34H,5,7,15-21,33H2,1H3,(H,35,41)/b10-6+/t24-,29?,30?,31?/m1/s1. The molecule has 4 aliphatic heterocycles. The molecule has 0 radical (unpaired) electrons. The van der Waals surface area contributed by atoms with Crippen molar-refractivity contribution in [3.63, 3.8) is 0 Å². The Hall–Kier alpha value is -3.70. The summed E-state index contributed by atoms with van der Waals surface area (Å²) in [4.78, 5) is 35.1. The molecular weight excluding hydrogens is 530 g/mol. The molecule has 3 saturated heterocycles. The molecule has 6 rings (SSSR count). The number of hydrazine groups is 1. The van der Waals surface area contributed by atoms with Gasteiger partial charge in [-0.2, -0.15) is 0 Å². The highest BCUT2D eigenvalue weighted by Crippen LogP contribution is 2.41. The molecule has 10 heteroatoms. The van der Waals surface area contributed by atoms with Gasteiger partial charge in [-0.05, 0) is 55.3 Å². The van der Waals surface area contributed by atoms with Crippen molar-refractivity contribution in [2.24, 2.45) is 11.7 Å². The van der Waals surface area contributed by atoms with Gasteiger partial charge in [0, 0.05) is 70.0 Å². The Morgan fingerprint density at radius 1 is 1.02 bits per heavy atom. The second-order valence-corrected chi connectivity index (χ2v) is 11.7. The molecule has 4 atom stereocenters. The Bertz CT molecular complexity index is 1310. The lowest BCUT2D eigenvalue weighted by molar-refractivity contribution is -0.132. The highest BCUT2D eigenvalue weighted by atomic mass is 16.5. The molecule has 3 unspecified atom stereocenters. The van der Waals surface area contributed by atoms with Crippen molar-refractivity contribution in [2.75, 3.05) is 52.9 Å². The number of hydrogen-bond acceptors (Lipinski definition) is 8. The number of amides is 2. The number of piperazine rings is 1. The highest BCUT2D eigenvalue weighted by Gasteiger charge is 2.49. The number of carbonyl (C=O) groups excluding carboxylic acids is 2. The first-order chi connectivity index (χ1) is 20.5. The Morgan fingerprint density at radius 3 is 2.52 bits per heavy atom. The van der Waals surface area contributed by atoms with E-state index in [1.807, 2.05) is 65.6 Å². The van der Waals surface area contributed by atoms with E-state index in [1.54, 1.807) is 6.08 Å². The van der Waals surface area contributed by atoms with E-state index in [9.17, 15) is 9.59 Å². The van der Waals surface area contributed by atoms with Crippen LogP contribution in [0.15, 0.2) is 72.9 Å². The van der Waals surface area contributed by atoms with Crippen LogP contribution in [0.2, 0.25) is 0 Å². The van der Waals surface area contributed by atoms with E-state index in [1.165, 1.54) is 0 Å². The van der Waals surface area contributed by atoms with Gasteiger partial charge in [0.25, 0.3) is 5.91 Å². The Balaban J connectivity index is 1.16. The molecule has 0 saturated carbocycles. The van der Waals surface area contributed by atoms with Crippen LogP contribution in [0, 0.1) is 5.92 Å². The molecule has 10 nitrogen and oxygen atoms in total. The number of nitrogens with two attached hydrogens (primary N) is 1. The first kappa shape index (κ1) is 28.4. The van der Waals surface area contributed by atoms with Crippen molar-refractivity contribution in [2.45, 2.75) is 31.1 Å². The number of likely N-dealkylation sites (tertiary alicyclic amines) is 1. The summed E-state index contributed by atoms with van der Waals surface area (Å²) in [5.41, 5.74) is 14.3. The van der Waals surface area contributed by atoms with Gasteiger partial charge < -0.3 is 25.2 Å². The molecule has 2 aromatic carbocycles. The van der Waals surface area contributed by atoms with Crippen LogP contribution in [0.1, 0.15) is 18.4 Å². The molecule has 4 aliphatic rings. The lowest BCUT2D eigenvalue weighted by Gasteiger charge is -2.43. The van der Waals surface area contributed by atoms with Crippen molar-refractivity contribution in [1.29, 1.82) is 0 Å². The quantitative estimate of drug-likeness (QED) is 0.433. The van der Waals surface area contributed by atoms with Gasteiger partial charge in [-0.15, -0.1) is 0 Å². The third-order valence-electron chi connectivity index (χ3n) is 8.84. The van der Waals surface area contributed by atoms with Gasteiger partial charge in [0.05, 0.1) is 6.17 Å². The lowest BCUT2D eigenvalue weighted by atomic mass is 9.86. The monoisotopic (exact) mass is 571 g/mol. The Labute approximate surface area is 247 Å². The zero-order valence-corrected chi connectivity index (χ0v) is 24.2. The normalized spacial score (nSPS) is 27.1. The molecule has 2 aromatic rings. The van der Waals surface area contributed by atoms with Crippen LogP contribution in [-0.2, 0) is 9.59 Å². The molecule has 3 fully saturated rings. The minimum atomic E-state index is -0.442. The van der Waals surface area contributed by atoms with E-state index < -0.39 is 12.2 Å². The van der Waals surface area contributed by atoms with Crippen molar-refractivity contribution in [1.82, 2.24) is 30.5 Å². The topological polar surface area (TPSA) is 106 Å². The minimum absolute atomic E-state index is 0.0236. The van der Waals surface area contributed by atoms with E-state index in [4.69, 9.17) is 10.5 Å². The number of fused-ring (bicyclic) bond motifs is 1. The van der Waals surface area contributed by atoms with Gasteiger partial charge in [0.2, 0.25) is 5.91 Å². The minimum Gasteiger partial charge on any atom is -0.457 e. The van der Waals surface area contributed by atoms with Crippen molar-refractivity contribution < 1.29 is 14.3 Å². The van der Waals surface area contributed by atoms with Crippen LogP contribution in [-0.4, -0.2) is 103 Å². The van der Waals surface area contributed by atoms with Crippen LogP contribution < -0.4 is 21.3 Å². The fourth-order valence-corrected chi connectivity index (χ4v) is 6.47. The van der Waals surface area contributed by atoms with Crippen LogP contribution in [0.3, 0.4) is 0 Å². The summed E-state index contributed by atoms with van der Waals surface area (Å²) in [5.74, 6) is 1.22. The first-order valence-electron chi connectivity index (χ1n) is 15.0. The molecule has 0 spiro atoms. The van der Waals surface area contributed by atoms with E-state index >= 15 is 0 Å². The Morgan fingerprint density at radius 2 is 1.76 bits per heavy atom. The summed E-state index contributed by atoms with van der Waals surface area (Å²) in [6.07, 6.45) is 7.16. The van der Waals surface area contributed by atoms with Gasteiger partial charge in [-0.25, -0.2) is 5.43 Å². The predicted octanol–water partition coefficient (Wildman–Crippen LogP) is 1.83. The van der Waals surface area contributed by atoms with Crippen LogP contribution >= 0.6 is 0 Å². The van der Waals surface area contributed by atoms with Gasteiger partial charge in [0.1, 0.15) is 17.5 Å². The number of benzene rings is 2. The average molecular weight is 572 g/mol. The third kappa shape index (κ3) is 6.22. The number of nitrogens with one attached hydrogen (secondary N) is 2. The van der Waals surface area contributed by atoms with E-state index in [0.29, 0.717) is 6.54 Å². The fourth-order valence-electron chi connectivity index (χ4n) is 6.47. The largest absolute Gasteiger partial charge is 0.457 e. The summed E-state index contributed by atoms with van der Waals surface area (Å²) in [5, 5.41) is 0. The third-order valence-corrected chi connectivity index (χ3v) is 8.84. The molecule has 222 valence electrons. The molecule has 42 heavy (non-hydrogen) atoms. The summed E-state index contributed by atoms with van der Waals surface area (Å²) >= 11 is 0. The molecule has 4 heterocycles. The van der Waals surface area contributed by atoms with Crippen LogP contribution in [0.5, 0.6) is 11.5 Å². The van der Waals surface area contributed by atoms with Gasteiger partial charge >= 0.3 is 0 Å². The van der Waals surface area contributed by atoms with Gasteiger partial charge in [-0.3, -0.25) is 19.9 Å². The summed E-state index contributed by atoms with van der Waals surface area (Å²) < 4.78 is 5.98. The Kier molecular flexibility index (Phi) is 8.57. The lowest BCUT2D eigenvalue weighted by Crippen LogP contribution is -2.67. The first-order valence-corrected chi connectivity index (χ1v) is 15.0. The molecule has 2 amide bonds. The SMILES string of the molecule is CN1CCN(C/C=C/C(=O)N2CCC[C@@H](N3C=C(c4ccc(Oc5ccccc5)cc4)C4C(N)NNC(=O)C43)C2)CC1. The van der Waals surface area contributed by atoms with E-state index in [-0.39, 0.29) is 23.8 Å².